The summed E-state index contributed by atoms with van der Waals surface area (Å²) < 4.78 is 11.8. The lowest BCUT2D eigenvalue weighted by molar-refractivity contribution is -0.236. The van der Waals surface area contributed by atoms with Gasteiger partial charge in [0.25, 0.3) is 0 Å². The molecule has 3 nitrogen and oxygen atoms in total. The summed E-state index contributed by atoms with van der Waals surface area (Å²) in [7, 11) is 0. The third-order valence-electron chi connectivity index (χ3n) is 4.61. The molecule has 20 heavy (non-hydrogen) atoms. The summed E-state index contributed by atoms with van der Waals surface area (Å²) >= 11 is 0. The van der Waals surface area contributed by atoms with Gasteiger partial charge >= 0.3 is 5.97 Å². The van der Waals surface area contributed by atoms with E-state index >= 15 is 0 Å². The summed E-state index contributed by atoms with van der Waals surface area (Å²) in [5.74, 6) is 0.176. The summed E-state index contributed by atoms with van der Waals surface area (Å²) in [5, 5.41) is 0. The molecule has 112 valence electrons. The third kappa shape index (κ3) is 3.14. The fourth-order valence-corrected chi connectivity index (χ4v) is 3.43. The second-order valence-electron chi connectivity index (χ2n) is 6.82. The number of hydrogen-bond donors (Lipinski definition) is 0. The van der Waals surface area contributed by atoms with Gasteiger partial charge in [0.15, 0.2) is 0 Å². The van der Waals surface area contributed by atoms with Gasteiger partial charge in [0.1, 0.15) is 11.7 Å². The molecular weight excluding hydrogens is 252 g/mol. The fraction of sp³-hybridized carbons (Fsp3) is 0.706. The van der Waals surface area contributed by atoms with E-state index in [1.165, 1.54) is 12.5 Å². The molecule has 2 aliphatic rings. The zero-order valence-electron chi connectivity index (χ0n) is 13.1. The molecule has 0 radical (unpaired) electrons. The lowest BCUT2D eigenvalue weighted by atomic mass is 9.74. The first-order chi connectivity index (χ1) is 9.23. The maximum Gasteiger partial charge on any atom is 0.303 e. The van der Waals surface area contributed by atoms with Crippen molar-refractivity contribution in [2.75, 3.05) is 0 Å². The van der Waals surface area contributed by atoms with Crippen molar-refractivity contribution in [2.45, 2.75) is 70.7 Å². The normalized spacial score (nSPS) is 36.7. The molecule has 0 amide bonds. The first kappa shape index (κ1) is 15.3. The molecule has 0 aromatic rings. The van der Waals surface area contributed by atoms with Crippen molar-refractivity contribution < 1.29 is 14.3 Å². The van der Waals surface area contributed by atoms with Crippen LogP contribution in [0.1, 0.15) is 53.4 Å². The van der Waals surface area contributed by atoms with Gasteiger partial charge < -0.3 is 9.47 Å². The number of rotatable bonds is 2. The summed E-state index contributed by atoms with van der Waals surface area (Å²) in [4.78, 5) is 11.2. The maximum absolute atomic E-state index is 11.2. The Labute approximate surface area is 122 Å². The molecule has 0 aromatic heterocycles. The van der Waals surface area contributed by atoms with Gasteiger partial charge in [0.05, 0.1) is 5.60 Å². The Morgan fingerprint density at radius 2 is 2.10 bits per heavy atom. The van der Waals surface area contributed by atoms with E-state index in [0.717, 1.165) is 25.7 Å². The number of hydrogen-bond acceptors (Lipinski definition) is 3. The van der Waals surface area contributed by atoms with E-state index in [2.05, 4.69) is 25.7 Å². The van der Waals surface area contributed by atoms with E-state index in [-0.39, 0.29) is 17.7 Å². The van der Waals surface area contributed by atoms with Crippen molar-refractivity contribution in [1.29, 1.82) is 0 Å². The van der Waals surface area contributed by atoms with Gasteiger partial charge in [-0.15, -0.1) is 0 Å². The van der Waals surface area contributed by atoms with Gasteiger partial charge in [-0.25, -0.2) is 0 Å². The van der Waals surface area contributed by atoms with Gasteiger partial charge in [-0.05, 0) is 46.5 Å². The van der Waals surface area contributed by atoms with Gasteiger partial charge in [0.2, 0.25) is 0 Å². The first-order valence-electron chi connectivity index (χ1n) is 7.46. The topological polar surface area (TPSA) is 35.5 Å². The SMILES string of the molecule is C=C1C=CC(C2(C)CCC(OC(C)=O)C(C)(C)O2)CC1. The lowest BCUT2D eigenvalue weighted by Gasteiger charge is -2.50. The van der Waals surface area contributed by atoms with Crippen LogP contribution in [0.4, 0.5) is 0 Å². The molecule has 1 aliphatic carbocycles. The summed E-state index contributed by atoms with van der Waals surface area (Å²) in [6, 6.07) is 0. The molecule has 2 rings (SSSR count). The molecule has 0 N–H and O–H groups in total. The zero-order chi connectivity index (χ0) is 15.0. The van der Waals surface area contributed by atoms with Crippen molar-refractivity contribution in [1.82, 2.24) is 0 Å². The molecule has 1 aliphatic heterocycles. The van der Waals surface area contributed by atoms with E-state index in [1.54, 1.807) is 0 Å². The van der Waals surface area contributed by atoms with Crippen LogP contribution < -0.4 is 0 Å². The Hall–Kier alpha value is -1.09. The minimum Gasteiger partial charge on any atom is -0.460 e. The van der Waals surface area contributed by atoms with Crippen LogP contribution in [0.15, 0.2) is 24.3 Å². The first-order valence-corrected chi connectivity index (χ1v) is 7.46. The lowest BCUT2D eigenvalue weighted by Crippen LogP contribution is -2.55. The van der Waals surface area contributed by atoms with Crippen molar-refractivity contribution in [3.8, 4) is 0 Å². The van der Waals surface area contributed by atoms with Crippen molar-refractivity contribution in [3.05, 3.63) is 24.3 Å². The highest BCUT2D eigenvalue weighted by atomic mass is 16.6. The van der Waals surface area contributed by atoms with Crippen LogP contribution in [0.2, 0.25) is 0 Å². The van der Waals surface area contributed by atoms with Crippen LogP contribution in [-0.2, 0) is 14.3 Å². The van der Waals surface area contributed by atoms with Gasteiger partial charge in [-0.2, -0.15) is 0 Å². The summed E-state index contributed by atoms with van der Waals surface area (Å²) in [6.07, 6.45) is 8.08. The average Bonchev–Trinajstić information content (AvgIpc) is 2.32. The maximum atomic E-state index is 11.2. The molecule has 3 atom stereocenters. The van der Waals surface area contributed by atoms with Crippen LogP contribution in [0, 0.1) is 5.92 Å². The van der Waals surface area contributed by atoms with Gasteiger partial charge in [0, 0.05) is 12.8 Å². The average molecular weight is 278 g/mol. The Morgan fingerprint density at radius 3 is 2.60 bits per heavy atom. The molecule has 0 spiro atoms. The predicted octanol–water partition coefficient (Wildman–Crippen LogP) is 3.79. The smallest absolute Gasteiger partial charge is 0.303 e. The van der Waals surface area contributed by atoms with E-state index in [9.17, 15) is 4.79 Å². The Bertz CT molecular complexity index is 436. The highest BCUT2D eigenvalue weighted by Gasteiger charge is 2.48. The van der Waals surface area contributed by atoms with Crippen LogP contribution in [-0.4, -0.2) is 23.3 Å². The zero-order valence-corrected chi connectivity index (χ0v) is 13.1. The number of allylic oxidation sites excluding steroid dienone is 2. The summed E-state index contributed by atoms with van der Waals surface area (Å²) in [6.45, 7) is 11.7. The predicted molar refractivity (Wildman–Crippen MR) is 79.4 cm³/mol. The quantitative estimate of drug-likeness (QED) is 0.721. The van der Waals surface area contributed by atoms with Crippen LogP contribution in [0.25, 0.3) is 0 Å². The number of carbonyl (C=O) groups excluding carboxylic acids is 1. The number of ether oxygens (including phenoxy) is 2. The van der Waals surface area contributed by atoms with Crippen molar-refractivity contribution in [3.63, 3.8) is 0 Å². The Balaban J connectivity index is 2.11. The molecular formula is C17H26O3. The standard InChI is InChI=1S/C17H26O3/c1-12-6-8-14(9-7-12)17(5)11-10-15(19-13(2)18)16(3,4)20-17/h6,8,14-15H,1,7,9-11H2,2-5H3. The molecule has 0 aromatic carbocycles. The van der Waals surface area contributed by atoms with E-state index < -0.39 is 5.60 Å². The molecule has 3 heteroatoms. The van der Waals surface area contributed by atoms with E-state index in [0.29, 0.717) is 5.92 Å². The van der Waals surface area contributed by atoms with Crippen LogP contribution in [0.3, 0.4) is 0 Å². The van der Waals surface area contributed by atoms with Crippen molar-refractivity contribution >= 4 is 5.97 Å². The van der Waals surface area contributed by atoms with Gasteiger partial charge in [-0.1, -0.05) is 24.3 Å². The van der Waals surface area contributed by atoms with Crippen molar-refractivity contribution in [2.24, 2.45) is 5.92 Å². The molecule has 0 bridgehead atoms. The Morgan fingerprint density at radius 1 is 1.40 bits per heavy atom. The highest BCUT2D eigenvalue weighted by Crippen LogP contribution is 2.44. The highest BCUT2D eigenvalue weighted by molar-refractivity contribution is 5.66. The largest absolute Gasteiger partial charge is 0.460 e. The molecule has 3 unspecified atom stereocenters. The minimum absolute atomic E-state index is 0.157. The Kier molecular flexibility index (Phi) is 4.10. The molecule has 1 saturated heterocycles. The molecule has 1 heterocycles. The number of carbonyl (C=O) groups is 1. The monoisotopic (exact) mass is 278 g/mol. The second-order valence-corrected chi connectivity index (χ2v) is 6.82. The second kappa shape index (κ2) is 5.36. The summed E-state index contributed by atoms with van der Waals surface area (Å²) in [5.41, 5.74) is 0.566. The van der Waals surface area contributed by atoms with Crippen LogP contribution in [0.5, 0.6) is 0 Å². The molecule has 1 fully saturated rings. The number of esters is 1. The molecule has 0 saturated carbocycles. The van der Waals surface area contributed by atoms with E-state index in [4.69, 9.17) is 9.47 Å². The van der Waals surface area contributed by atoms with Gasteiger partial charge in [-0.3, -0.25) is 4.79 Å². The van der Waals surface area contributed by atoms with E-state index in [1.807, 2.05) is 13.8 Å². The third-order valence-corrected chi connectivity index (χ3v) is 4.61. The van der Waals surface area contributed by atoms with Crippen LogP contribution >= 0.6 is 0 Å². The minimum atomic E-state index is -0.443. The fourth-order valence-electron chi connectivity index (χ4n) is 3.43.